The van der Waals surface area contributed by atoms with Gasteiger partial charge in [0.05, 0.1) is 12.1 Å². The number of likely N-dealkylation sites (tertiary alicyclic amines) is 1. The minimum atomic E-state index is -2.40. The molecule has 1 aliphatic heterocycles. The highest BCUT2D eigenvalue weighted by Crippen LogP contribution is 2.29. The molecule has 0 bridgehead atoms. The summed E-state index contributed by atoms with van der Waals surface area (Å²) in [5.74, 6) is 0.635. The molecule has 4 rings (SSSR count). The minimum absolute atomic E-state index is 0.0140. The van der Waals surface area contributed by atoms with Gasteiger partial charge in [-0.25, -0.2) is 8.78 Å². The summed E-state index contributed by atoms with van der Waals surface area (Å²) in [5.41, 5.74) is 1.22. The van der Waals surface area contributed by atoms with Gasteiger partial charge in [-0.2, -0.15) is 5.10 Å². The molecule has 8 heteroatoms. The quantitative estimate of drug-likeness (QED) is 0.745. The molecule has 27 heavy (non-hydrogen) atoms. The van der Waals surface area contributed by atoms with Crippen LogP contribution in [0.2, 0.25) is 0 Å². The number of H-pyrrole nitrogens is 1. The van der Waals surface area contributed by atoms with Crippen molar-refractivity contribution in [1.82, 2.24) is 19.7 Å². The first-order valence-electron chi connectivity index (χ1n) is 8.93. The fourth-order valence-electron chi connectivity index (χ4n) is 3.51. The van der Waals surface area contributed by atoms with Gasteiger partial charge in [0, 0.05) is 43.7 Å². The number of hydrogen-bond acceptors (Lipinski definition) is 3. The summed E-state index contributed by atoms with van der Waals surface area (Å²) in [6, 6.07) is 8.96. The Hall–Kier alpha value is -2.90. The van der Waals surface area contributed by atoms with Crippen molar-refractivity contribution in [1.29, 1.82) is 0 Å². The third-order valence-corrected chi connectivity index (χ3v) is 4.86. The summed E-state index contributed by atoms with van der Waals surface area (Å²) in [6.07, 6.45) is 2.24. The van der Waals surface area contributed by atoms with Crippen LogP contribution in [0.25, 0.3) is 10.9 Å². The number of carbonyl (C=O) groups excluding carboxylic acids is 1. The summed E-state index contributed by atoms with van der Waals surface area (Å²) >= 11 is 0. The van der Waals surface area contributed by atoms with Crippen LogP contribution in [0.15, 0.2) is 42.7 Å². The number of rotatable bonds is 5. The number of hydrogen-bond donors (Lipinski definition) is 1. The topological polar surface area (TPSA) is 63.1 Å². The smallest absolute Gasteiger partial charge is 0.271 e. The van der Waals surface area contributed by atoms with E-state index in [1.54, 1.807) is 27.9 Å². The van der Waals surface area contributed by atoms with Crippen LogP contribution in [0.1, 0.15) is 23.3 Å². The highest BCUT2D eigenvalue weighted by molar-refractivity contribution is 5.92. The second-order valence-corrected chi connectivity index (χ2v) is 6.63. The number of halogens is 2. The number of nitrogens with one attached hydrogen (secondary N) is 1. The Morgan fingerprint density at radius 2 is 2.07 bits per heavy atom. The van der Waals surface area contributed by atoms with Crippen LogP contribution in [0.3, 0.4) is 0 Å². The molecule has 1 aliphatic rings. The first-order chi connectivity index (χ1) is 13.1. The number of aromatic amines is 1. The highest BCUT2D eigenvalue weighted by Gasteiger charge is 2.25. The van der Waals surface area contributed by atoms with E-state index >= 15 is 0 Å². The van der Waals surface area contributed by atoms with Crippen molar-refractivity contribution < 1.29 is 18.3 Å². The molecule has 2 aromatic heterocycles. The molecule has 1 N–H and O–H groups in total. The molecule has 0 aliphatic carbocycles. The molecule has 3 heterocycles. The zero-order valence-corrected chi connectivity index (χ0v) is 14.6. The van der Waals surface area contributed by atoms with Gasteiger partial charge in [0.2, 0.25) is 0 Å². The van der Waals surface area contributed by atoms with Crippen molar-refractivity contribution in [2.24, 2.45) is 0 Å². The average molecular weight is 374 g/mol. The predicted molar refractivity (Wildman–Crippen MR) is 96.1 cm³/mol. The van der Waals surface area contributed by atoms with Crippen LogP contribution in [0.4, 0.5) is 8.78 Å². The maximum absolute atomic E-state index is 12.7. The van der Waals surface area contributed by atoms with Crippen molar-refractivity contribution in [2.45, 2.75) is 31.9 Å². The summed E-state index contributed by atoms with van der Waals surface area (Å²) in [4.78, 5) is 14.1. The summed E-state index contributed by atoms with van der Waals surface area (Å²) in [5, 5.41) is 7.33. The molecule has 0 radical (unpaired) electrons. The van der Waals surface area contributed by atoms with Gasteiger partial charge in [-0.05, 0) is 24.3 Å². The first-order valence-corrected chi connectivity index (χ1v) is 8.93. The lowest BCUT2D eigenvalue weighted by Crippen LogP contribution is -2.41. The van der Waals surface area contributed by atoms with E-state index in [1.165, 1.54) is 0 Å². The SMILES string of the molecule is O=C(c1ccn[nH]1)N1CCC(Oc2cccc3c2ccn3CC(F)F)CC1. The van der Waals surface area contributed by atoms with Gasteiger partial charge in [0.25, 0.3) is 12.3 Å². The average Bonchev–Trinajstić information content (AvgIpc) is 3.33. The molecule has 1 amide bonds. The first kappa shape index (κ1) is 17.5. The number of carbonyl (C=O) groups is 1. The second-order valence-electron chi connectivity index (χ2n) is 6.63. The van der Waals surface area contributed by atoms with Gasteiger partial charge in [-0.1, -0.05) is 6.07 Å². The lowest BCUT2D eigenvalue weighted by Gasteiger charge is -2.32. The number of piperidine rings is 1. The third-order valence-electron chi connectivity index (χ3n) is 4.86. The van der Waals surface area contributed by atoms with Gasteiger partial charge in [0.15, 0.2) is 0 Å². The van der Waals surface area contributed by atoms with E-state index in [4.69, 9.17) is 4.74 Å². The Morgan fingerprint density at radius 1 is 1.26 bits per heavy atom. The van der Waals surface area contributed by atoms with Gasteiger partial charge < -0.3 is 14.2 Å². The van der Waals surface area contributed by atoms with Crippen LogP contribution < -0.4 is 4.74 Å². The molecule has 142 valence electrons. The molecule has 0 atom stereocenters. The fraction of sp³-hybridized carbons (Fsp3) is 0.368. The maximum atomic E-state index is 12.7. The zero-order valence-electron chi connectivity index (χ0n) is 14.6. The van der Waals surface area contributed by atoms with E-state index in [2.05, 4.69) is 10.2 Å². The molecule has 6 nitrogen and oxygen atoms in total. The van der Waals surface area contributed by atoms with Crippen LogP contribution in [-0.2, 0) is 6.54 Å². The Bertz CT molecular complexity index is 915. The van der Waals surface area contributed by atoms with Crippen LogP contribution in [-0.4, -0.2) is 51.2 Å². The van der Waals surface area contributed by atoms with Gasteiger partial charge >= 0.3 is 0 Å². The normalized spacial score (nSPS) is 15.6. The molecular weight excluding hydrogens is 354 g/mol. The second kappa shape index (κ2) is 7.38. The monoisotopic (exact) mass is 374 g/mol. The summed E-state index contributed by atoms with van der Waals surface area (Å²) in [7, 11) is 0. The molecule has 1 aromatic carbocycles. The van der Waals surface area contributed by atoms with E-state index in [9.17, 15) is 13.6 Å². The third kappa shape index (κ3) is 3.65. The van der Waals surface area contributed by atoms with E-state index in [0.717, 1.165) is 10.9 Å². The van der Waals surface area contributed by atoms with Crippen LogP contribution in [0.5, 0.6) is 5.75 Å². The number of amides is 1. The largest absolute Gasteiger partial charge is 0.490 e. The summed E-state index contributed by atoms with van der Waals surface area (Å²) in [6.45, 7) is 0.872. The van der Waals surface area contributed by atoms with E-state index in [0.29, 0.717) is 37.4 Å². The molecule has 0 spiro atoms. The number of alkyl halides is 2. The molecule has 1 saturated heterocycles. The number of fused-ring (bicyclic) bond motifs is 1. The summed E-state index contributed by atoms with van der Waals surface area (Å²) < 4.78 is 33.1. The lowest BCUT2D eigenvalue weighted by atomic mass is 10.1. The molecular formula is C19H20F2N4O2. The fourth-order valence-corrected chi connectivity index (χ4v) is 3.51. The Balaban J connectivity index is 1.42. The van der Waals surface area contributed by atoms with Crippen molar-refractivity contribution in [3.05, 3.63) is 48.4 Å². The number of aromatic nitrogens is 3. The van der Waals surface area contributed by atoms with Crippen molar-refractivity contribution in [2.75, 3.05) is 13.1 Å². The van der Waals surface area contributed by atoms with Crippen molar-refractivity contribution in [3.8, 4) is 5.75 Å². The predicted octanol–water partition coefficient (Wildman–Crippen LogP) is 3.31. The van der Waals surface area contributed by atoms with Gasteiger partial charge in [-0.15, -0.1) is 0 Å². The number of ether oxygens (including phenoxy) is 1. The van der Waals surface area contributed by atoms with E-state index in [1.807, 2.05) is 24.3 Å². The number of nitrogens with zero attached hydrogens (tertiary/aromatic N) is 3. The van der Waals surface area contributed by atoms with Gasteiger partial charge in [0.1, 0.15) is 17.5 Å². The Kier molecular flexibility index (Phi) is 4.79. The Labute approximate surface area is 154 Å². The van der Waals surface area contributed by atoms with Crippen molar-refractivity contribution in [3.63, 3.8) is 0 Å². The Morgan fingerprint density at radius 3 is 2.78 bits per heavy atom. The van der Waals surface area contributed by atoms with Crippen LogP contribution in [0, 0.1) is 0 Å². The molecule has 1 fully saturated rings. The van der Waals surface area contributed by atoms with Crippen molar-refractivity contribution >= 4 is 16.8 Å². The van der Waals surface area contributed by atoms with E-state index in [-0.39, 0.29) is 18.6 Å². The zero-order chi connectivity index (χ0) is 18.8. The lowest BCUT2D eigenvalue weighted by molar-refractivity contribution is 0.0592. The molecule has 0 unspecified atom stereocenters. The molecule has 3 aromatic rings. The standard InChI is InChI=1S/C19H20F2N4O2/c20-18(21)12-25-11-7-14-16(25)2-1-3-17(14)27-13-5-9-24(10-6-13)19(26)15-4-8-22-23-15/h1-4,7-8,11,13,18H,5-6,9-10,12H2,(H,22,23). The highest BCUT2D eigenvalue weighted by atomic mass is 19.3. The maximum Gasteiger partial charge on any atom is 0.271 e. The molecule has 0 saturated carbocycles. The number of benzene rings is 1. The van der Waals surface area contributed by atoms with Gasteiger partial charge in [-0.3, -0.25) is 9.89 Å². The van der Waals surface area contributed by atoms with E-state index < -0.39 is 6.43 Å². The minimum Gasteiger partial charge on any atom is -0.490 e. The van der Waals surface area contributed by atoms with Crippen LogP contribution >= 0.6 is 0 Å².